The third-order valence-corrected chi connectivity index (χ3v) is 4.54. The van der Waals surface area contributed by atoms with E-state index in [0.717, 1.165) is 63.9 Å². The minimum absolute atomic E-state index is 0.113. The molecule has 1 fully saturated rings. The molecule has 132 valence electrons. The first-order chi connectivity index (χ1) is 11.6. The first-order valence-corrected chi connectivity index (χ1v) is 9.04. The molecule has 1 N–H and O–H groups in total. The highest BCUT2D eigenvalue weighted by Crippen LogP contribution is 2.17. The summed E-state index contributed by atoms with van der Waals surface area (Å²) in [4.78, 5) is 29.8. The average Bonchev–Trinajstić information content (AvgIpc) is 2.59. The lowest BCUT2D eigenvalue weighted by Crippen LogP contribution is -2.42. The van der Waals surface area contributed by atoms with E-state index in [-0.39, 0.29) is 17.6 Å². The summed E-state index contributed by atoms with van der Waals surface area (Å²) in [7, 11) is 0. The number of hydrogen-bond donors (Lipinski definition) is 1. The van der Waals surface area contributed by atoms with E-state index in [1.165, 1.54) is 0 Å². The van der Waals surface area contributed by atoms with Crippen molar-refractivity contribution in [3.63, 3.8) is 0 Å². The number of aromatic nitrogens is 1. The molecule has 2 rings (SSSR count). The molecule has 0 spiro atoms. The quantitative estimate of drug-likeness (QED) is 0.705. The summed E-state index contributed by atoms with van der Waals surface area (Å²) in [6, 6.07) is 6.01. The Morgan fingerprint density at radius 1 is 1.21 bits per heavy atom. The molecule has 0 saturated carbocycles. The summed E-state index contributed by atoms with van der Waals surface area (Å²) < 4.78 is 0. The van der Waals surface area contributed by atoms with Crippen LogP contribution in [0.25, 0.3) is 0 Å². The van der Waals surface area contributed by atoms with Crippen LogP contribution >= 0.6 is 0 Å². The number of pyridine rings is 1. The monoisotopic (exact) mass is 331 g/mol. The van der Waals surface area contributed by atoms with Gasteiger partial charge in [0.25, 0.3) is 0 Å². The van der Waals surface area contributed by atoms with Crippen molar-refractivity contribution in [2.24, 2.45) is 5.92 Å². The zero-order valence-corrected chi connectivity index (χ0v) is 14.7. The van der Waals surface area contributed by atoms with E-state index in [0.29, 0.717) is 6.54 Å². The van der Waals surface area contributed by atoms with Gasteiger partial charge in [0.15, 0.2) is 0 Å². The molecule has 0 bridgehead atoms. The van der Waals surface area contributed by atoms with Gasteiger partial charge in [-0.2, -0.15) is 0 Å². The molecule has 0 radical (unpaired) electrons. The number of piperidine rings is 1. The second-order valence-electron chi connectivity index (χ2n) is 6.68. The number of ketones is 1. The molecule has 1 aliphatic rings. The number of Topliss-reactive ketones (excluding diaryl/α,β-unsaturated/α-hetero) is 1. The van der Waals surface area contributed by atoms with E-state index in [1.807, 2.05) is 18.3 Å². The summed E-state index contributed by atoms with van der Waals surface area (Å²) in [5, 5.41) is 3.07. The molecule has 1 saturated heterocycles. The number of rotatable bonds is 9. The molecule has 1 aromatic rings. The van der Waals surface area contributed by atoms with Crippen molar-refractivity contribution in [1.82, 2.24) is 15.2 Å². The van der Waals surface area contributed by atoms with Gasteiger partial charge in [-0.15, -0.1) is 0 Å². The average molecular weight is 331 g/mol. The number of likely N-dealkylation sites (tertiary alicyclic amines) is 1. The molecule has 0 atom stereocenters. The molecule has 24 heavy (non-hydrogen) atoms. The van der Waals surface area contributed by atoms with Crippen molar-refractivity contribution in [2.45, 2.75) is 45.4 Å². The van der Waals surface area contributed by atoms with Gasteiger partial charge in [-0.1, -0.05) is 12.5 Å². The van der Waals surface area contributed by atoms with E-state index in [4.69, 9.17) is 0 Å². The Morgan fingerprint density at radius 3 is 2.67 bits per heavy atom. The van der Waals surface area contributed by atoms with E-state index in [1.54, 1.807) is 6.92 Å². The lowest BCUT2D eigenvalue weighted by Gasteiger charge is -2.30. The molecule has 1 aromatic heterocycles. The molecule has 0 aromatic carbocycles. The fourth-order valence-electron chi connectivity index (χ4n) is 3.18. The van der Waals surface area contributed by atoms with Crippen LogP contribution in [0.3, 0.4) is 0 Å². The van der Waals surface area contributed by atoms with Gasteiger partial charge in [0, 0.05) is 24.4 Å². The molecule has 0 aliphatic carbocycles. The van der Waals surface area contributed by atoms with Crippen molar-refractivity contribution in [3.8, 4) is 0 Å². The number of amides is 1. The van der Waals surface area contributed by atoms with E-state index in [2.05, 4.69) is 21.3 Å². The predicted molar refractivity (Wildman–Crippen MR) is 94.6 cm³/mol. The second kappa shape index (κ2) is 10.2. The first kappa shape index (κ1) is 18.6. The van der Waals surface area contributed by atoms with Gasteiger partial charge in [0.05, 0.1) is 6.54 Å². The molecule has 5 heteroatoms. The Balaban J connectivity index is 1.52. The summed E-state index contributed by atoms with van der Waals surface area (Å²) in [6.45, 7) is 4.59. The van der Waals surface area contributed by atoms with E-state index < -0.39 is 0 Å². The largest absolute Gasteiger partial charge is 0.356 e. The van der Waals surface area contributed by atoms with E-state index >= 15 is 0 Å². The van der Waals surface area contributed by atoms with Crippen molar-refractivity contribution in [3.05, 3.63) is 30.1 Å². The van der Waals surface area contributed by atoms with Gasteiger partial charge in [0.1, 0.15) is 5.78 Å². The van der Waals surface area contributed by atoms with Crippen molar-refractivity contribution >= 4 is 11.7 Å². The fourth-order valence-corrected chi connectivity index (χ4v) is 3.18. The number of hydrogen-bond acceptors (Lipinski definition) is 4. The fraction of sp³-hybridized carbons (Fsp3) is 0.632. The van der Waals surface area contributed by atoms with Crippen molar-refractivity contribution < 1.29 is 9.59 Å². The van der Waals surface area contributed by atoms with Crippen LogP contribution < -0.4 is 5.32 Å². The summed E-state index contributed by atoms with van der Waals surface area (Å²) >= 11 is 0. The smallest absolute Gasteiger partial charge is 0.223 e. The van der Waals surface area contributed by atoms with Crippen LogP contribution in [0.15, 0.2) is 24.4 Å². The Hall–Kier alpha value is -1.75. The van der Waals surface area contributed by atoms with Gasteiger partial charge in [0.2, 0.25) is 5.91 Å². The van der Waals surface area contributed by atoms with Crippen LogP contribution in [0.1, 0.15) is 44.7 Å². The Bertz CT molecular complexity index is 511. The molecule has 1 amide bonds. The number of carbonyl (C=O) groups excluding carboxylic acids is 2. The molecular weight excluding hydrogens is 302 g/mol. The number of carbonyl (C=O) groups is 2. The van der Waals surface area contributed by atoms with Gasteiger partial charge >= 0.3 is 0 Å². The molecule has 1 aliphatic heterocycles. The summed E-state index contributed by atoms with van der Waals surface area (Å²) in [5.41, 5.74) is 1.14. The number of nitrogens with zero attached hydrogens (tertiary/aromatic N) is 2. The maximum atomic E-state index is 12.2. The van der Waals surface area contributed by atoms with Crippen LogP contribution in [-0.4, -0.2) is 47.8 Å². The maximum Gasteiger partial charge on any atom is 0.223 e. The van der Waals surface area contributed by atoms with Crippen LogP contribution in [0, 0.1) is 5.92 Å². The SMILES string of the molecule is CC(=O)CN1CCC(C(=O)NCCCCCc2ccccn2)CC1. The lowest BCUT2D eigenvalue weighted by molar-refractivity contribution is -0.126. The van der Waals surface area contributed by atoms with Crippen LogP contribution in [0.5, 0.6) is 0 Å². The zero-order valence-electron chi connectivity index (χ0n) is 14.7. The van der Waals surface area contributed by atoms with Gasteiger partial charge < -0.3 is 5.32 Å². The topological polar surface area (TPSA) is 62.3 Å². The molecular formula is C19H29N3O2. The summed E-state index contributed by atoms with van der Waals surface area (Å²) in [5.74, 6) is 0.493. The van der Waals surface area contributed by atoms with Crippen LogP contribution in [-0.2, 0) is 16.0 Å². The highest BCUT2D eigenvalue weighted by molar-refractivity contribution is 5.79. The second-order valence-corrected chi connectivity index (χ2v) is 6.68. The third-order valence-electron chi connectivity index (χ3n) is 4.54. The van der Waals surface area contributed by atoms with Gasteiger partial charge in [-0.3, -0.25) is 19.5 Å². The lowest BCUT2D eigenvalue weighted by atomic mass is 9.95. The standard InChI is InChI=1S/C19H29N3O2/c1-16(23)15-22-13-9-17(10-14-22)19(24)21-12-5-2-3-7-18-8-4-6-11-20-18/h4,6,8,11,17H,2-3,5,7,9-10,12-15H2,1H3,(H,21,24). The van der Waals surface area contributed by atoms with E-state index in [9.17, 15) is 9.59 Å². The Morgan fingerprint density at radius 2 is 2.00 bits per heavy atom. The minimum atomic E-state index is 0.113. The number of nitrogens with one attached hydrogen (secondary N) is 1. The normalized spacial score (nSPS) is 16.0. The highest BCUT2D eigenvalue weighted by atomic mass is 16.2. The number of aryl methyl sites for hydroxylation is 1. The van der Waals surface area contributed by atoms with Crippen molar-refractivity contribution in [2.75, 3.05) is 26.2 Å². The Kier molecular flexibility index (Phi) is 7.89. The third kappa shape index (κ3) is 6.79. The minimum Gasteiger partial charge on any atom is -0.356 e. The molecule has 0 unspecified atom stereocenters. The summed E-state index contributed by atoms with van der Waals surface area (Å²) in [6.07, 6.45) is 7.78. The molecule has 5 nitrogen and oxygen atoms in total. The van der Waals surface area contributed by atoms with Crippen LogP contribution in [0.2, 0.25) is 0 Å². The Labute approximate surface area is 144 Å². The van der Waals surface area contributed by atoms with Crippen LogP contribution in [0.4, 0.5) is 0 Å². The zero-order chi connectivity index (χ0) is 17.2. The first-order valence-electron chi connectivity index (χ1n) is 9.04. The highest BCUT2D eigenvalue weighted by Gasteiger charge is 2.24. The number of unbranched alkanes of at least 4 members (excludes halogenated alkanes) is 2. The predicted octanol–water partition coefficient (Wildman–Crippen LogP) is 2.21. The molecule has 2 heterocycles. The maximum absolute atomic E-state index is 12.2. The van der Waals surface area contributed by atoms with Crippen molar-refractivity contribution in [1.29, 1.82) is 0 Å². The van der Waals surface area contributed by atoms with Gasteiger partial charge in [-0.05, 0) is 64.3 Å². The van der Waals surface area contributed by atoms with Gasteiger partial charge in [-0.25, -0.2) is 0 Å².